The number of amides is 1. The zero-order valence-corrected chi connectivity index (χ0v) is 13.9. The Bertz CT molecular complexity index is 668. The molecule has 5 nitrogen and oxygen atoms in total. The quantitative estimate of drug-likeness (QED) is 0.849. The highest BCUT2D eigenvalue weighted by atomic mass is 32.1. The number of fused-ring (bicyclic) bond motifs is 1. The average Bonchev–Trinajstić information content (AvgIpc) is 3.06. The first-order valence-corrected chi connectivity index (χ1v) is 9.06. The van der Waals surface area contributed by atoms with Gasteiger partial charge in [-0.1, -0.05) is 0 Å². The highest BCUT2D eigenvalue weighted by Crippen LogP contribution is 2.30. The van der Waals surface area contributed by atoms with Crippen LogP contribution < -0.4 is 4.90 Å². The molecular weight excluding hydrogens is 308 g/mol. The average molecular weight is 328 g/mol. The van der Waals surface area contributed by atoms with Crippen molar-refractivity contribution in [3.8, 4) is 0 Å². The Hall–Kier alpha value is -1.95. The van der Waals surface area contributed by atoms with Gasteiger partial charge in [0.15, 0.2) is 0 Å². The SMILES string of the molecule is O=C(c1cc2c(s1)CCCC2)N1CCN(c2ncccn2)CC1. The van der Waals surface area contributed by atoms with Crippen LogP contribution in [0.4, 0.5) is 5.95 Å². The maximum Gasteiger partial charge on any atom is 0.264 e. The third kappa shape index (κ3) is 2.95. The number of anilines is 1. The molecule has 2 aromatic rings. The molecule has 0 unspecified atom stereocenters. The van der Waals surface area contributed by atoms with Crippen molar-refractivity contribution >= 4 is 23.2 Å². The Balaban J connectivity index is 1.42. The third-order valence-corrected chi connectivity index (χ3v) is 5.83. The molecule has 0 radical (unpaired) electrons. The first-order chi connectivity index (χ1) is 11.3. The fourth-order valence-electron chi connectivity index (χ4n) is 3.32. The summed E-state index contributed by atoms with van der Waals surface area (Å²) < 4.78 is 0. The first kappa shape index (κ1) is 14.6. The van der Waals surface area contributed by atoms with Gasteiger partial charge < -0.3 is 9.80 Å². The molecule has 1 aliphatic carbocycles. The topological polar surface area (TPSA) is 49.3 Å². The number of carbonyl (C=O) groups is 1. The van der Waals surface area contributed by atoms with Crippen LogP contribution in [-0.2, 0) is 12.8 Å². The van der Waals surface area contributed by atoms with Crippen LogP contribution in [0.2, 0.25) is 0 Å². The van der Waals surface area contributed by atoms with Gasteiger partial charge in [-0.15, -0.1) is 11.3 Å². The van der Waals surface area contributed by atoms with Gasteiger partial charge >= 0.3 is 0 Å². The fourth-order valence-corrected chi connectivity index (χ4v) is 4.54. The van der Waals surface area contributed by atoms with Gasteiger partial charge in [-0.3, -0.25) is 4.79 Å². The van der Waals surface area contributed by atoms with Gasteiger partial charge in [0.2, 0.25) is 5.95 Å². The zero-order valence-electron chi connectivity index (χ0n) is 13.1. The number of aryl methyl sites for hydroxylation is 2. The molecule has 3 heterocycles. The number of hydrogen-bond donors (Lipinski definition) is 0. The summed E-state index contributed by atoms with van der Waals surface area (Å²) in [6.45, 7) is 3.06. The maximum absolute atomic E-state index is 12.7. The van der Waals surface area contributed by atoms with E-state index in [-0.39, 0.29) is 5.91 Å². The third-order valence-electron chi connectivity index (χ3n) is 4.61. The molecule has 120 valence electrons. The maximum atomic E-state index is 12.7. The smallest absolute Gasteiger partial charge is 0.264 e. The van der Waals surface area contributed by atoms with Crippen LogP contribution in [0.3, 0.4) is 0 Å². The first-order valence-electron chi connectivity index (χ1n) is 8.24. The molecule has 1 saturated heterocycles. The van der Waals surface area contributed by atoms with Crippen LogP contribution in [0.25, 0.3) is 0 Å². The summed E-state index contributed by atoms with van der Waals surface area (Å²) in [5.74, 6) is 0.948. The van der Waals surface area contributed by atoms with Crippen LogP contribution in [-0.4, -0.2) is 47.0 Å². The van der Waals surface area contributed by atoms with Crippen molar-refractivity contribution < 1.29 is 4.79 Å². The molecule has 0 N–H and O–H groups in total. The Morgan fingerprint density at radius 3 is 2.52 bits per heavy atom. The van der Waals surface area contributed by atoms with Crippen LogP contribution in [0, 0.1) is 0 Å². The van der Waals surface area contributed by atoms with Crippen molar-refractivity contribution in [3.63, 3.8) is 0 Å². The molecule has 6 heteroatoms. The van der Waals surface area contributed by atoms with E-state index in [0.29, 0.717) is 0 Å². The Labute approximate surface area is 140 Å². The van der Waals surface area contributed by atoms with E-state index in [1.54, 1.807) is 23.7 Å². The molecule has 23 heavy (non-hydrogen) atoms. The highest BCUT2D eigenvalue weighted by Gasteiger charge is 2.25. The minimum Gasteiger partial charge on any atom is -0.337 e. The van der Waals surface area contributed by atoms with E-state index in [1.165, 1.54) is 23.3 Å². The van der Waals surface area contributed by atoms with Crippen LogP contribution >= 0.6 is 11.3 Å². The highest BCUT2D eigenvalue weighted by molar-refractivity contribution is 7.14. The van der Waals surface area contributed by atoms with E-state index in [9.17, 15) is 4.79 Å². The standard InChI is InChI=1S/C17H20N4OS/c22-16(15-12-13-4-1-2-5-14(13)23-15)20-8-10-21(11-9-20)17-18-6-3-7-19-17/h3,6-7,12H,1-2,4-5,8-11H2. The van der Waals surface area contributed by atoms with E-state index in [4.69, 9.17) is 0 Å². The van der Waals surface area contributed by atoms with E-state index < -0.39 is 0 Å². The summed E-state index contributed by atoms with van der Waals surface area (Å²) >= 11 is 1.70. The van der Waals surface area contributed by atoms with Gasteiger partial charge in [0.05, 0.1) is 4.88 Å². The number of nitrogens with zero attached hydrogens (tertiary/aromatic N) is 4. The summed E-state index contributed by atoms with van der Waals surface area (Å²) in [4.78, 5) is 27.8. The van der Waals surface area contributed by atoms with Crippen molar-refractivity contribution in [3.05, 3.63) is 39.8 Å². The van der Waals surface area contributed by atoms with Crippen molar-refractivity contribution in [2.75, 3.05) is 31.1 Å². The molecule has 2 aliphatic rings. The lowest BCUT2D eigenvalue weighted by molar-refractivity contribution is 0.0751. The largest absolute Gasteiger partial charge is 0.337 e. The second-order valence-corrected chi connectivity index (χ2v) is 7.23. The van der Waals surface area contributed by atoms with Gasteiger partial charge in [0.1, 0.15) is 0 Å². The number of hydrogen-bond acceptors (Lipinski definition) is 5. The van der Waals surface area contributed by atoms with Crippen molar-refractivity contribution in [1.82, 2.24) is 14.9 Å². The molecule has 0 atom stereocenters. The molecule has 1 aliphatic heterocycles. The number of thiophene rings is 1. The van der Waals surface area contributed by atoms with E-state index >= 15 is 0 Å². The second kappa shape index (κ2) is 6.28. The van der Waals surface area contributed by atoms with Gasteiger partial charge in [-0.25, -0.2) is 9.97 Å². The Morgan fingerprint density at radius 2 is 1.78 bits per heavy atom. The zero-order chi connectivity index (χ0) is 15.6. The van der Waals surface area contributed by atoms with Crippen LogP contribution in [0.1, 0.15) is 33.0 Å². The van der Waals surface area contributed by atoms with Crippen LogP contribution in [0.5, 0.6) is 0 Å². The molecule has 4 rings (SSSR count). The predicted molar refractivity (Wildman–Crippen MR) is 91.1 cm³/mol. The second-order valence-electron chi connectivity index (χ2n) is 6.09. The summed E-state index contributed by atoms with van der Waals surface area (Å²) in [5.41, 5.74) is 1.40. The molecule has 1 amide bonds. The summed E-state index contributed by atoms with van der Waals surface area (Å²) in [6.07, 6.45) is 8.32. The lowest BCUT2D eigenvalue weighted by atomic mass is 9.99. The molecule has 1 fully saturated rings. The normalized spacial score (nSPS) is 17.9. The summed E-state index contributed by atoms with van der Waals surface area (Å²) in [5, 5.41) is 0. The number of aromatic nitrogens is 2. The summed E-state index contributed by atoms with van der Waals surface area (Å²) in [6, 6.07) is 3.95. The minimum atomic E-state index is 0.193. The van der Waals surface area contributed by atoms with E-state index in [1.807, 2.05) is 11.0 Å². The van der Waals surface area contributed by atoms with Gasteiger partial charge in [-0.05, 0) is 43.4 Å². The lowest BCUT2D eigenvalue weighted by Crippen LogP contribution is -2.49. The monoisotopic (exact) mass is 328 g/mol. The van der Waals surface area contributed by atoms with Crippen LogP contribution in [0.15, 0.2) is 24.5 Å². The molecule has 0 saturated carbocycles. The summed E-state index contributed by atoms with van der Waals surface area (Å²) in [7, 11) is 0. The molecule has 2 aromatic heterocycles. The van der Waals surface area contributed by atoms with Crippen molar-refractivity contribution in [2.24, 2.45) is 0 Å². The Kier molecular flexibility index (Phi) is 3.99. The van der Waals surface area contributed by atoms with Crippen molar-refractivity contribution in [2.45, 2.75) is 25.7 Å². The van der Waals surface area contributed by atoms with E-state index in [2.05, 4.69) is 20.9 Å². The predicted octanol–water partition coefficient (Wildman–Crippen LogP) is 2.38. The fraction of sp³-hybridized carbons (Fsp3) is 0.471. The van der Waals surface area contributed by atoms with E-state index in [0.717, 1.165) is 49.8 Å². The number of rotatable bonds is 2. The van der Waals surface area contributed by atoms with Gasteiger partial charge in [0.25, 0.3) is 5.91 Å². The van der Waals surface area contributed by atoms with Crippen molar-refractivity contribution in [1.29, 1.82) is 0 Å². The number of piperazine rings is 1. The van der Waals surface area contributed by atoms with Gasteiger partial charge in [-0.2, -0.15) is 0 Å². The molecule has 0 bridgehead atoms. The minimum absolute atomic E-state index is 0.193. The number of carbonyl (C=O) groups excluding carboxylic acids is 1. The molecule has 0 aromatic carbocycles. The molecule has 0 spiro atoms. The van der Waals surface area contributed by atoms with Gasteiger partial charge in [0, 0.05) is 43.4 Å². The molecular formula is C17H20N4OS. The Morgan fingerprint density at radius 1 is 1.04 bits per heavy atom. The lowest BCUT2D eigenvalue weighted by Gasteiger charge is -2.34.